The number of hydrogen-bond acceptors (Lipinski definition) is 3. The molecule has 1 aromatic heterocycles. The normalized spacial score (nSPS) is 17.4. The van der Waals surface area contributed by atoms with Crippen LogP contribution in [0.5, 0.6) is 0 Å². The topological polar surface area (TPSA) is 25.4 Å². The van der Waals surface area contributed by atoms with Crippen LogP contribution < -0.4 is 4.90 Å². The summed E-state index contributed by atoms with van der Waals surface area (Å²) in [4.78, 5) is 6.74. The van der Waals surface area contributed by atoms with Crippen LogP contribution in [0.2, 0.25) is 0 Å². The molecule has 0 radical (unpaired) electrons. The Kier molecular flexibility index (Phi) is 2.89. The molecule has 88 valence electrons. The number of pyridine rings is 1. The van der Waals surface area contributed by atoms with Gasteiger partial charge in [-0.25, -0.2) is 4.98 Å². The van der Waals surface area contributed by atoms with Crippen LogP contribution in [0.3, 0.4) is 0 Å². The first-order valence-electron chi connectivity index (χ1n) is 5.75. The lowest BCUT2D eigenvalue weighted by Gasteiger charge is -2.39. The molecule has 1 aliphatic rings. The van der Waals surface area contributed by atoms with Gasteiger partial charge in [0.25, 0.3) is 0 Å². The van der Waals surface area contributed by atoms with Crippen molar-refractivity contribution in [2.45, 2.75) is 32.3 Å². The Balaban J connectivity index is 2.04. The second-order valence-corrected chi connectivity index (χ2v) is 5.42. The maximum atomic E-state index is 5.25. The van der Waals surface area contributed by atoms with Crippen LogP contribution in [0.1, 0.15) is 26.3 Å². The van der Waals surface area contributed by atoms with Crippen LogP contribution in [0.25, 0.3) is 0 Å². The van der Waals surface area contributed by atoms with E-state index in [2.05, 4.69) is 42.8 Å². The number of hydrogen-bond donors (Lipinski definition) is 0. The van der Waals surface area contributed by atoms with Crippen molar-refractivity contribution < 1.29 is 4.74 Å². The third kappa shape index (κ3) is 2.19. The number of anilines is 1. The van der Waals surface area contributed by atoms with Crippen molar-refractivity contribution in [1.82, 2.24) is 4.98 Å². The quantitative estimate of drug-likeness (QED) is 0.764. The van der Waals surface area contributed by atoms with Gasteiger partial charge in [-0.1, -0.05) is 26.8 Å². The summed E-state index contributed by atoms with van der Waals surface area (Å²) in [6.45, 7) is 8.52. The summed E-state index contributed by atoms with van der Waals surface area (Å²) in [5.74, 6) is 1.06. The lowest BCUT2D eigenvalue weighted by Crippen LogP contribution is -2.52. The van der Waals surface area contributed by atoms with Crippen LogP contribution >= 0.6 is 0 Å². The molecule has 0 unspecified atom stereocenters. The van der Waals surface area contributed by atoms with Gasteiger partial charge in [0.15, 0.2) is 0 Å². The van der Waals surface area contributed by atoms with Crippen LogP contribution in [-0.4, -0.2) is 31.3 Å². The summed E-state index contributed by atoms with van der Waals surface area (Å²) < 4.78 is 5.25. The van der Waals surface area contributed by atoms with E-state index < -0.39 is 0 Å². The summed E-state index contributed by atoms with van der Waals surface area (Å²) in [6.07, 6.45) is 2.36. The lowest BCUT2D eigenvalue weighted by atomic mass is 9.88. The average Bonchev–Trinajstić information content (AvgIpc) is 2.15. The molecule has 16 heavy (non-hydrogen) atoms. The van der Waals surface area contributed by atoms with Crippen LogP contribution in [0.15, 0.2) is 18.3 Å². The Morgan fingerprint density at radius 2 is 2.00 bits per heavy atom. The second-order valence-electron chi connectivity index (χ2n) is 5.42. The van der Waals surface area contributed by atoms with E-state index in [1.54, 1.807) is 7.11 Å². The van der Waals surface area contributed by atoms with Crippen molar-refractivity contribution >= 4 is 5.82 Å². The Labute approximate surface area is 97.4 Å². The minimum atomic E-state index is 0.176. The fourth-order valence-electron chi connectivity index (χ4n) is 1.79. The van der Waals surface area contributed by atoms with Crippen molar-refractivity contribution in [2.75, 3.05) is 25.1 Å². The molecule has 0 atom stereocenters. The summed E-state index contributed by atoms with van der Waals surface area (Å²) in [6, 6.07) is 4.27. The number of nitrogens with zero attached hydrogens (tertiary/aromatic N) is 2. The first-order valence-corrected chi connectivity index (χ1v) is 5.75. The number of aromatic nitrogens is 1. The van der Waals surface area contributed by atoms with E-state index in [1.807, 2.05) is 6.20 Å². The fourth-order valence-corrected chi connectivity index (χ4v) is 1.79. The zero-order valence-corrected chi connectivity index (χ0v) is 10.5. The van der Waals surface area contributed by atoms with Gasteiger partial charge in [-0.3, -0.25) is 0 Å². The highest BCUT2D eigenvalue weighted by Crippen LogP contribution is 2.25. The summed E-state index contributed by atoms with van der Waals surface area (Å²) >= 11 is 0. The molecule has 0 aliphatic carbocycles. The summed E-state index contributed by atoms with van der Waals surface area (Å²) in [5.41, 5.74) is 1.45. The van der Waals surface area contributed by atoms with Crippen molar-refractivity contribution in [3.63, 3.8) is 0 Å². The zero-order valence-electron chi connectivity index (χ0n) is 10.5. The second kappa shape index (κ2) is 4.06. The minimum Gasteiger partial charge on any atom is -0.378 e. The van der Waals surface area contributed by atoms with Gasteiger partial charge in [0, 0.05) is 26.4 Å². The SMILES string of the molecule is COC1CN(c2ccc(C(C)(C)C)cn2)C1. The van der Waals surface area contributed by atoms with Crippen LogP contribution in [0, 0.1) is 0 Å². The molecule has 3 nitrogen and oxygen atoms in total. The Hall–Kier alpha value is -1.09. The molecule has 2 rings (SSSR count). The number of methoxy groups -OCH3 is 1. The first kappa shape index (κ1) is 11.4. The minimum absolute atomic E-state index is 0.176. The summed E-state index contributed by atoms with van der Waals surface area (Å²) in [7, 11) is 1.76. The van der Waals surface area contributed by atoms with E-state index in [-0.39, 0.29) is 5.41 Å². The maximum Gasteiger partial charge on any atom is 0.128 e. The molecule has 1 aromatic rings. The van der Waals surface area contributed by atoms with E-state index >= 15 is 0 Å². The molecular weight excluding hydrogens is 200 g/mol. The molecular formula is C13H20N2O. The molecule has 2 heterocycles. The smallest absolute Gasteiger partial charge is 0.128 e. The van der Waals surface area contributed by atoms with Gasteiger partial charge in [-0.15, -0.1) is 0 Å². The standard InChI is InChI=1S/C13H20N2O/c1-13(2,3)10-5-6-12(14-7-10)15-8-11(9-15)16-4/h5-7,11H,8-9H2,1-4H3. The third-order valence-electron chi connectivity index (χ3n) is 3.12. The Morgan fingerprint density at radius 3 is 2.44 bits per heavy atom. The van der Waals surface area contributed by atoms with Crippen LogP contribution in [0.4, 0.5) is 5.82 Å². The number of rotatable bonds is 2. The predicted octanol–water partition coefficient (Wildman–Crippen LogP) is 2.21. The molecule has 1 fully saturated rings. The van der Waals surface area contributed by atoms with Gasteiger partial charge in [0.2, 0.25) is 0 Å². The lowest BCUT2D eigenvalue weighted by molar-refractivity contribution is 0.0783. The van der Waals surface area contributed by atoms with Gasteiger partial charge in [-0.2, -0.15) is 0 Å². The Bertz CT molecular complexity index is 347. The van der Waals surface area contributed by atoms with Gasteiger partial charge >= 0.3 is 0 Å². The first-order chi connectivity index (χ1) is 7.50. The van der Waals surface area contributed by atoms with Gasteiger partial charge < -0.3 is 9.64 Å². The maximum absolute atomic E-state index is 5.25. The monoisotopic (exact) mass is 220 g/mol. The number of ether oxygens (including phenoxy) is 1. The van der Waals surface area contributed by atoms with Crippen LogP contribution in [-0.2, 0) is 10.2 Å². The van der Waals surface area contributed by atoms with E-state index in [9.17, 15) is 0 Å². The van der Waals surface area contributed by atoms with Crippen molar-refractivity contribution in [3.05, 3.63) is 23.9 Å². The molecule has 0 bridgehead atoms. The van der Waals surface area contributed by atoms with Crippen molar-refractivity contribution in [3.8, 4) is 0 Å². The average molecular weight is 220 g/mol. The van der Waals surface area contributed by atoms with Gasteiger partial charge in [-0.05, 0) is 17.0 Å². The van der Waals surface area contributed by atoms with E-state index in [0.29, 0.717) is 6.10 Å². The van der Waals surface area contributed by atoms with Crippen molar-refractivity contribution in [2.24, 2.45) is 0 Å². The molecule has 0 saturated carbocycles. The highest BCUT2D eigenvalue weighted by Gasteiger charge is 2.27. The third-order valence-corrected chi connectivity index (χ3v) is 3.12. The highest BCUT2D eigenvalue weighted by molar-refractivity contribution is 5.43. The van der Waals surface area contributed by atoms with Gasteiger partial charge in [0.1, 0.15) is 5.82 Å². The van der Waals surface area contributed by atoms with E-state index in [1.165, 1.54) is 5.56 Å². The van der Waals surface area contributed by atoms with E-state index in [0.717, 1.165) is 18.9 Å². The molecule has 0 amide bonds. The molecule has 3 heteroatoms. The fraction of sp³-hybridized carbons (Fsp3) is 0.615. The zero-order chi connectivity index (χ0) is 11.8. The summed E-state index contributed by atoms with van der Waals surface area (Å²) in [5, 5.41) is 0. The van der Waals surface area contributed by atoms with E-state index in [4.69, 9.17) is 4.74 Å². The molecule has 1 saturated heterocycles. The predicted molar refractivity (Wildman–Crippen MR) is 65.9 cm³/mol. The largest absolute Gasteiger partial charge is 0.378 e. The Morgan fingerprint density at radius 1 is 1.31 bits per heavy atom. The molecule has 0 aromatic carbocycles. The van der Waals surface area contributed by atoms with Crippen molar-refractivity contribution in [1.29, 1.82) is 0 Å². The molecule has 0 N–H and O–H groups in total. The van der Waals surface area contributed by atoms with Gasteiger partial charge in [0.05, 0.1) is 6.10 Å². The highest BCUT2D eigenvalue weighted by atomic mass is 16.5. The molecule has 1 aliphatic heterocycles. The molecule has 0 spiro atoms.